The molecule has 0 N–H and O–H groups in total. The Bertz CT molecular complexity index is 697. The van der Waals surface area contributed by atoms with E-state index in [1.165, 1.54) is 11.1 Å². The number of piperidine rings is 1. The van der Waals surface area contributed by atoms with Gasteiger partial charge >= 0.3 is 18.9 Å². The van der Waals surface area contributed by atoms with E-state index in [0.717, 1.165) is 37.3 Å². The number of ketones is 1. The fourth-order valence-corrected chi connectivity index (χ4v) is 5.67. The molecular weight excluding hydrogens is 285 g/mol. The number of hydrogen-bond donors (Lipinski definition) is 0. The molecule has 2 heterocycles. The molecule has 2 aliphatic carbocycles. The van der Waals surface area contributed by atoms with Gasteiger partial charge in [-0.2, -0.15) is 0 Å². The van der Waals surface area contributed by atoms with Crippen molar-refractivity contribution in [2.24, 2.45) is 5.92 Å². The number of rotatable bonds is 1. The summed E-state index contributed by atoms with van der Waals surface area (Å²) in [7, 11) is 3.91. The zero-order chi connectivity index (χ0) is 15.1. The third-order valence-electron chi connectivity index (χ3n) is 6.59. The van der Waals surface area contributed by atoms with Gasteiger partial charge in [0.25, 0.3) is 0 Å². The number of carbonyl (C=O) groups is 1. The first kappa shape index (κ1) is 15.6. The molecule has 1 spiro atoms. The van der Waals surface area contributed by atoms with Crippen LogP contribution in [-0.2, 0) is 16.6 Å². The molecule has 118 valence electrons. The van der Waals surface area contributed by atoms with Crippen LogP contribution in [-0.4, -0.2) is 43.5 Å². The zero-order valence-corrected chi connectivity index (χ0v) is 14.1. The van der Waals surface area contributed by atoms with Crippen molar-refractivity contribution in [3.8, 4) is 11.5 Å². The van der Waals surface area contributed by atoms with E-state index in [1.54, 1.807) is 7.11 Å². The summed E-state index contributed by atoms with van der Waals surface area (Å²) in [6, 6.07) is 4.73. The number of nitrogens with zero attached hydrogens (tertiary/aromatic N) is 1. The molecular formula is C18H22LiNO3. The fourth-order valence-electron chi connectivity index (χ4n) is 5.67. The predicted molar refractivity (Wildman–Crippen MR) is 82.7 cm³/mol. The zero-order valence-electron chi connectivity index (χ0n) is 15.1. The van der Waals surface area contributed by atoms with Crippen LogP contribution < -0.4 is 28.3 Å². The van der Waals surface area contributed by atoms with Crippen LogP contribution in [0.3, 0.4) is 0 Å². The van der Waals surface area contributed by atoms with E-state index in [-0.39, 0.29) is 37.6 Å². The Labute approximate surface area is 150 Å². The SMILES string of the molecule is COc1ccc2c3c1O[C@H]1C(=O)CC[C@H]4[C@@H](C2)N(C)CC[C@]314.[H-].[Li+]. The number of likely N-dealkylation sites (tertiary alicyclic amines) is 1. The molecule has 23 heavy (non-hydrogen) atoms. The van der Waals surface area contributed by atoms with Gasteiger partial charge in [0.15, 0.2) is 23.4 Å². The van der Waals surface area contributed by atoms with Gasteiger partial charge in [0.05, 0.1) is 7.11 Å². The van der Waals surface area contributed by atoms with Gasteiger partial charge in [0.1, 0.15) is 0 Å². The van der Waals surface area contributed by atoms with Crippen LogP contribution in [0.2, 0.25) is 0 Å². The van der Waals surface area contributed by atoms with Crippen molar-refractivity contribution in [2.45, 2.75) is 43.2 Å². The minimum atomic E-state index is -0.284. The largest absolute Gasteiger partial charge is 1.00 e. The van der Waals surface area contributed by atoms with Crippen LogP contribution in [0, 0.1) is 5.92 Å². The predicted octanol–water partition coefficient (Wildman–Crippen LogP) is -0.950. The Morgan fingerprint density at radius 1 is 1.43 bits per heavy atom. The Morgan fingerprint density at radius 2 is 2.26 bits per heavy atom. The second kappa shape index (κ2) is 5.02. The van der Waals surface area contributed by atoms with Crippen molar-refractivity contribution in [3.63, 3.8) is 0 Å². The summed E-state index contributed by atoms with van der Waals surface area (Å²) in [6.07, 6.45) is 3.47. The summed E-state index contributed by atoms with van der Waals surface area (Å²) < 4.78 is 11.8. The quantitative estimate of drug-likeness (QED) is 0.627. The molecule has 5 heteroatoms. The van der Waals surface area contributed by atoms with Crippen molar-refractivity contribution in [3.05, 3.63) is 23.3 Å². The van der Waals surface area contributed by atoms with E-state index < -0.39 is 0 Å². The molecule has 2 fully saturated rings. The minimum Gasteiger partial charge on any atom is -1.00 e. The first-order valence-corrected chi connectivity index (χ1v) is 8.27. The maximum atomic E-state index is 12.6. The van der Waals surface area contributed by atoms with Gasteiger partial charge in [-0.25, -0.2) is 0 Å². The summed E-state index contributed by atoms with van der Waals surface area (Å²) in [6.45, 7) is 1.05. The molecule has 2 aliphatic heterocycles. The summed E-state index contributed by atoms with van der Waals surface area (Å²) in [5.74, 6) is 2.46. The van der Waals surface area contributed by atoms with Crippen LogP contribution in [0.4, 0.5) is 0 Å². The summed E-state index contributed by atoms with van der Waals surface area (Å²) >= 11 is 0. The molecule has 4 nitrogen and oxygen atoms in total. The van der Waals surface area contributed by atoms with Gasteiger partial charge in [-0.15, -0.1) is 0 Å². The third-order valence-corrected chi connectivity index (χ3v) is 6.59. The second-order valence-electron chi connectivity index (χ2n) is 7.28. The van der Waals surface area contributed by atoms with Gasteiger partial charge in [0.2, 0.25) is 0 Å². The van der Waals surface area contributed by atoms with Crippen LogP contribution in [0.5, 0.6) is 11.5 Å². The number of likely N-dealkylation sites (N-methyl/N-ethyl adjacent to an activating group) is 1. The topological polar surface area (TPSA) is 38.8 Å². The van der Waals surface area contributed by atoms with Gasteiger partial charge in [-0.05, 0) is 50.4 Å². The minimum absolute atomic E-state index is 0. The Balaban J connectivity index is 0.000000845. The molecule has 0 unspecified atom stereocenters. The molecule has 5 rings (SSSR count). The molecule has 0 aromatic heterocycles. The Hall–Kier alpha value is -0.953. The van der Waals surface area contributed by atoms with Gasteiger partial charge in [-0.1, -0.05) is 6.07 Å². The maximum Gasteiger partial charge on any atom is 1.00 e. The van der Waals surface area contributed by atoms with Gasteiger partial charge in [-0.3, -0.25) is 4.79 Å². The number of methoxy groups -OCH3 is 1. The van der Waals surface area contributed by atoms with E-state index in [1.807, 2.05) is 6.07 Å². The molecule has 0 radical (unpaired) electrons. The number of carbonyl (C=O) groups excluding carboxylic acids is 1. The average Bonchev–Trinajstić information content (AvgIpc) is 2.88. The Kier molecular flexibility index (Phi) is 3.40. The molecule has 1 aromatic rings. The van der Waals surface area contributed by atoms with E-state index in [2.05, 4.69) is 18.0 Å². The van der Waals surface area contributed by atoms with E-state index in [0.29, 0.717) is 18.4 Å². The monoisotopic (exact) mass is 307 g/mol. The van der Waals surface area contributed by atoms with Gasteiger partial charge in [0, 0.05) is 23.4 Å². The van der Waals surface area contributed by atoms with Gasteiger partial charge < -0.3 is 15.8 Å². The summed E-state index contributed by atoms with van der Waals surface area (Å²) in [5, 5.41) is 0. The fraction of sp³-hybridized carbons (Fsp3) is 0.611. The van der Waals surface area contributed by atoms with E-state index in [9.17, 15) is 4.79 Å². The van der Waals surface area contributed by atoms with Crippen molar-refractivity contribution in [1.29, 1.82) is 0 Å². The molecule has 1 aromatic carbocycles. The molecule has 2 bridgehead atoms. The van der Waals surface area contributed by atoms with E-state index >= 15 is 0 Å². The van der Waals surface area contributed by atoms with Crippen LogP contribution >= 0.6 is 0 Å². The van der Waals surface area contributed by atoms with Crippen molar-refractivity contribution in [1.82, 2.24) is 4.90 Å². The summed E-state index contributed by atoms with van der Waals surface area (Å²) in [4.78, 5) is 15.1. The Morgan fingerprint density at radius 3 is 3.04 bits per heavy atom. The first-order chi connectivity index (χ1) is 10.7. The first-order valence-electron chi connectivity index (χ1n) is 8.27. The molecule has 4 atom stereocenters. The molecule has 0 amide bonds. The smallest absolute Gasteiger partial charge is 1.00 e. The van der Waals surface area contributed by atoms with Crippen LogP contribution in [0.25, 0.3) is 0 Å². The number of ether oxygens (including phenoxy) is 2. The van der Waals surface area contributed by atoms with Crippen molar-refractivity contribution < 1.29 is 34.6 Å². The van der Waals surface area contributed by atoms with Crippen LogP contribution in [0.15, 0.2) is 12.1 Å². The third kappa shape index (κ3) is 1.70. The molecule has 1 saturated heterocycles. The second-order valence-corrected chi connectivity index (χ2v) is 7.28. The van der Waals surface area contributed by atoms with Crippen molar-refractivity contribution >= 4 is 5.78 Å². The van der Waals surface area contributed by atoms with Crippen molar-refractivity contribution in [2.75, 3.05) is 20.7 Å². The number of benzene rings is 1. The number of Topliss-reactive ketones (excluding diaryl/α,β-unsaturated/α-hetero) is 1. The maximum absolute atomic E-state index is 12.6. The summed E-state index contributed by atoms with van der Waals surface area (Å²) in [5.41, 5.74) is 2.57. The molecule has 4 aliphatic rings. The normalized spacial score (nSPS) is 36.8. The average molecular weight is 307 g/mol. The van der Waals surface area contributed by atoms with Crippen LogP contribution in [0.1, 0.15) is 31.8 Å². The van der Waals surface area contributed by atoms with E-state index in [4.69, 9.17) is 9.47 Å². The number of hydrogen-bond acceptors (Lipinski definition) is 4. The standard InChI is InChI=1S/C18H21NO3.Li.H/c1-19-8-7-18-11-4-5-13(20)17(18)22-16-14(21-2)6-3-10(15(16)18)9-12(11)19;;/h3,6,11-12,17H,4-5,7-9H2,1-2H3;;/q;+1;-1/t11-,12+,17-,18-;;/m0../s1. The molecule has 1 saturated carbocycles.